The summed E-state index contributed by atoms with van der Waals surface area (Å²) < 4.78 is 0. The second-order valence-corrected chi connectivity index (χ2v) is 4.31. The molecule has 90 valence electrons. The third kappa shape index (κ3) is 2.15. The number of nitrogens with zero attached hydrogens (tertiary/aromatic N) is 1. The van der Waals surface area contributed by atoms with Gasteiger partial charge in [-0.3, -0.25) is 4.79 Å². The lowest BCUT2D eigenvalue weighted by Crippen LogP contribution is -2.30. The third-order valence-electron chi connectivity index (χ3n) is 2.92. The van der Waals surface area contributed by atoms with E-state index in [4.69, 9.17) is 11.6 Å². The molecule has 0 saturated carbocycles. The van der Waals surface area contributed by atoms with Crippen molar-refractivity contribution in [2.45, 2.75) is 13.8 Å². The number of aromatic amines is 1. The zero-order chi connectivity index (χ0) is 12.4. The monoisotopic (exact) mass is 250 g/mol. The van der Waals surface area contributed by atoms with Gasteiger partial charge in [0.25, 0.3) is 5.91 Å². The molecule has 0 unspecified atom stereocenters. The SMILES string of the molecule is CCN(CC)C(=O)c1c[nH]c2ccc(Cl)cc12. The predicted molar refractivity (Wildman–Crippen MR) is 70.6 cm³/mol. The van der Waals surface area contributed by atoms with Crippen molar-refractivity contribution in [3.8, 4) is 0 Å². The highest BCUT2D eigenvalue weighted by molar-refractivity contribution is 6.31. The van der Waals surface area contributed by atoms with E-state index >= 15 is 0 Å². The fourth-order valence-electron chi connectivity index (χ4n) is 1.95. The van der Waals surface area contributed by atoms with Crippen LogP contribution < -0.4 is 0 Å². The highest BCUT2D eigenvalue weighted by atomic mass is 35.5. The summed E-state index contributed by atoms with van der Waals surface area (Å²) in [5.41, 5.74) is 1.62. The molecule has 0 atom stereocenters. The van der Waals surface area contributed by atoms with Crippen molar-refractivity contribution < 1.29 is 4.79 Å². The van der Waals surface area contributed by atoms with Crippen LogP contribution >= 0.6 is 11.6 Å². The Hall–Kier alpha value is -1.48. The van der Waals surface area contributed by atoms with Gasteiger partial charge in [0.1, 0.15) is 0 Å². The van der Waals surface area contributed by atoms with Crippen LogP contribution in [-0.4, -0.2) is 28.9 Å². The van der Waals surface area contributed by atoms with Crippen LogP contribution in [0, 0.1) is 0 Å². The maximum absolute atomic E-state index is 12.3. The normalized spacial score (nSPS) is 10.8. The van der Waals surface area contributed by atoms with E-state index in [0.29, 0.717) is 23.7 Å². The molecule has 17 heavy (non-hydrogen) atoms. The maximum atomic E-state index is 12.3. The Bertz CT molecular complexity index is 543. The second kappa shape index (κ2) is 4.80. The Kier molecular flexibility index (Phi) is 3.38. The molecule has 1 amide bonds. The summed E-state index contributed by atoms with van der Waals surface area (Å²) in [7, 11) is 0. The van der Waals surface area contributed by atoms with Crippen molar-refractivity contribution in [3.63, 3.8) is 0 Å². The largest absolute Gasteiger partial charge is 0.360 e. The number of fused-ring (bicyclic) bond motifs is 1. The molecule has 1 N–H and O–H groups in total. The van der Waals surface area contributed by atoms with Crippen LogP contribution in [0.15, 0.2) is 24.4 Å². The van der Waals surface area contributed by atoms with Gasteiger partial charge in [0.15, 0.2) is 0 Å². The minimum Gasteiger partial charge on any atom is -0.360 e. The summed E-state index contributed by atoms with van der Waals surface area (Å²) in [4.78, 5) is 17.1. The van der Waals surface area contributed by atoms with Gasteiger partial charge in [-0.1, -0.05) is 11.6 Å². The van der Waals surface area contributed by atoms with Gasteiger partial charge in [-0.2, -0.15) is 0 Å². The van der Waals surface area contributed by atoms with Crippen LogP contribution in [0.25, 0.3) is 10.9 Å². The molecular formula is C13H15ClN2O. The summed E-state index contributed by atoms with van der Waals surface area (Å²) in [6.07, 6.45) is 1.75. The highest BCUT2D eigenvalue weighted by Crippen LogP contribution is 2.23. The van der Waals surface area contributed by atoms with Crippen LogP contribution in [0.2, 0.25) is 5.02 Å². The van der Waals surface area contributed by atoms with Crippen LogP contribution in [-0.2, 0) is 0 Å². The number of carbonyl (C=O) groups is 1. The Morgan fingerprint density at radius 2 is 2.06 bits per heavy atom. The molecule has 0 aliphatic heterocycles. The number of nitrogens with one attached hydrogen (secondary N) is 1. The quantitative estimate of drug-likeness (QED) is 0.892. The minimum atomic E-state index is 0.0449. The fraction of sp³-hybridized carbons (Fsp3) is 0.308. The van der Waals surface area contributed by atoms with E-state index in [1.54, 1.807) is 11.1 Å². The fourth-order valence-corrected chi connectivity index (χ4v) is 2.12. The van der Waals surface area contributed by atoms with Crippen molar-refractivity contribution in [3.05, 3.63) is 35.0 Å². The molecule has 1 heterocycles. The summed E-state index contributed by atoms with van der Waals surface area (Å²) in [6, 6.07) is 5.52. The van der Waals surface area contributed by atoms with Crippen molar-refractivity contribution in [2.24, 2.45) is 0 Å². The van der Waals surface area contributed by atoms with Gasteiger partial charge in [-0.15, -0.1) is 0 Å². The summed E-state index contributed by atoms with van der Waals surface area (Å²) >= 11 is 5.96. The van der Waals surface area contributed by atoms with Crippen LogP contribution in [0.1, 0.15) is 24.2 Å². The van der Waals surface area contributed by atoms with E-state index in [0.717, 1.165) is 10.9 Å². The van der Waals surface area contributed by atoms with Gasteiger partial charge in [-0.05, 0) is 32.0 Å². The molecule has 0 spiro atoms. The number of carbonyl (C=O) groups excluding carboxylic acids is 1. The number of benzene rings is 1. The van der Waals surface area contributed by atoms with E-state index in [2.05, 4.69) is 4.98 Å². The Morgan fingerprint density at radius 1 is 1.35 bits per heavy atom. The van der Waals surface area contributed by atoms with Crippen molar-refractivity contribution in [2.75, 3.05) is 13.1 Å². The first-order valence-corrected chi connectivity index (χ1v) is 6.11. The molecule has 4 heteroatoms. The molecule has 2 rings (SSSR count). The van der Waals surface area contributed by atoms with Gasteiger partial charge in [0.05, 0.1) is 5.56 Å². The zero-order valence-electron chi connectivity index (χ0n) is 9.96. The first-order valence-electron chi connectivity index (χ1n) is 5.73. The first kappa shape index (κ1) is 12.0. The topological polar surface area (TPSA) is 36.1 Å². The lowest BCUT2D eigenvalue weighted by molar-refractivity contribution is 0.0775. The van der Waals surface area contributed by atoms with Gasteiger partial charge >= 0.3 is 0 Å². The molecule has 1 aromatic heterocycles. The lowest BCUT2D eigenvalue weighted by atomic mass is 10.1. The van der Waals surface area contributed by atoms with E-state index in [1.807, 2.05) is 32.0 Å². The van der Waals surface area contributed by atoms with Gasteiger partial charge in [0, 0.05) is 35.2 Å². The van der Waals surface area contributed by atoms with Crippen LogP contribution in [0.5, 0.6) is 0 Å². The number of aromatic nitrogens is 1. The number of hydrogen-bond donors (Lipinski definition) is 1. The lowest BCUT2D eigenvalue weighted by Gasteiger charge is -2.17. The number of H-pyrrole nitrogens is 1. The van der Waals surface area contributed by atoms with E-state index in [9.17, 15) is 4.79 Å². The molecule has 0 radical (unpaired) electrons. The summed E-state index contributed by atoms with van der Waals surface area (Å²) in [5, 5.41) is 1.53. The zero-order valence-corrected chi connectivity index (χ0v) is 10.7. The maximum Gasteiger partial charge on any atom is 0.256 e. The van der Waals surface area contributed by atoms with Crippen molar-refractivity contribution >= 4 is 28.4 Å². The average Bonchev–Trinajstić information content (AvgIpc) is 2.73. The molecular weight excluding hydrogens is 236 g/mol. The van der Waals surface area contributed by atoms with Gasteiger partial charge in [-0.25, -0.2) is 0 Å². The number of halogens is 1. The second-order valence-electron chi connectivity index (χ2n) is 3.87. The Labute approximate surface area is 105 Å². The summed E-state index contributed by atoms with van der Waals surface area (Å²) in [5.74, 6) is 0.0449. The molecule has 1 aromatic carbocycles. The van der Waals surface area contributed by atoms with Crippen LogP contribution in [0.3, 0.4) is 0 Å². The Morgan fingerprint density at radius 3 is 2.71 bits per heavy atom. The first-order chi connectivity index (χ1) is 8.17. The molecule has 3 nitrogen and oxygen atoms in total. The van der Waals surface area contributed by atoms with E-state index < -0.39 is 0 Å². The van der Waals surface area contributed by atoms with Gasteiger partial charge < -0.3 is 9.88 Å². The number of amides is 1. The molecule has 2 aromatic rings. The standard InChI is InChI=1S/C13H15ClN2O/c1-3-16(4-2)13(17)11-8-15-12-6-5-9(14)7-10(11)12/h5-8,15H,3-4H2,1-2H3. The van der Waals surface area contributed by atoms with E-state index in [-0.39, 0.29) is 5.91 Å². The molecule has 0 aliphatic carbocycles. The molecule has 0 saturated heterocycles. The molecule has 0 bridgehead atoms. The highest BCUT2D eigenvalue weighted by Gasteiger charge is 2.16. The van der Waals surface area contributed by atoms with Gasteiger partial charge in [0.2, 0.25) is 0 Å². The predicted octanol–water partition coefficient (Wildman–Crippen LogP) is 3.30. The van der Waals surface area contributed by atoms with Crippen LogP contribution in [0.4, 0.5) is 0 Å². The van der Waals surface area contributed by atoms with Crippen molar-refractivity contribution in [1.82, 2.24) is 9.88 Å². The molecule has 0 fully saturated rings. The number of hydrogen-bond acceptors (Lipinski definition) is 1. The number of rotatable bonds is 3. The Balaban J connectivity index is 2.48. The van der Waals surface area contributed by atoms with Crippen molar-refractivity contribution in [1.29, 1.82) is 0 Å². The molecule has 0 aliphatic rings. The third-order valence-corrected chi connectivity index (χ3v) is 3.16. The summed E-state index contributed by atoms with van der Waals surface area (Å²) in [6.45, 7) is 5.37. The average molecular weight is 251 g/mol. The van der Waals surface area contributed by atoms with E-state index in [1.165, 1.54) is 0 Å². The smallest absolute Gasteiger partial charge is 0.256 e. The minimum absolute atomic E-state index is 0.0449.